The molecule has 0 atom stereocenters. The summed E-state index contributed by atoms with van der Waals surface area (Å²) in [5, 5.41) is 0. The van der Waals surface area contributed by atoms with Crippen LogP contribution < -0.4 is 4.74 Å². The Morgan fingerprint density at radius 2 is 1.57 bits per heavy atom. The van der Waals surface area contributed by atoms with Crippen molar-refractivity contribution in [3.05, 3.63) is 58.6 Å². The molecule has 148 valence electrons. The molecule has 28 heavy (non-hydrogen) atoms. The van der Waals surface area contributed by atoms with Gasteiger partial charge in [0.25, 0.3) is 5.91 Å². The lowest BCUT2D eigenvalue weighted by Gasteiger charge is -2.37. The molecular weight excluding hydrogens is 420 g/mol. The van der Waals surface area contributed by atoms with E-state index in [4.69, 9.17) is 4.74 Å². The van der Waals surface area contributed by atoms with E-state index in [9.17, 15) is 9.59 Å². The summed E-state index contributed by atoms with van der Waals surface area (Å²) in [5.74, 6) is 1.24. The summed E-state index contributed by atoms with van der Waals surface area (Å²) >= 11 is 3.43. The molecule has 1 fully saturated rings. The quantitative estimate of drug-likeness (QED) is 0.696. The molecule has 1 aliphatic rings. The highest BCUT2D eigenvalue weighted by Gasteiger charge is 2.31. The summed E-state index contributed by atoms with van der Waals surface area (Å²) in [4.78, 5) is 29.2. The van der Waals surface area contributed by atoms with Crippen LogP contribution in [0, 0.1) is 5.41 Å². The lowest BCUT2D eigenvalue weighted by molar-refractivity contribution is -0.140. The molecule has 2 aromatic rings. The first-order valence-electron chi connectivity index (χ1n) is 9.37. The predicted molar refractivity (Wildman–Crippen MR) is 113 cm³/mol. The van der Waals surface area contributed by atoms with Crippen molar-refractivity contribution in [2.24, 2.45) is 5.41 Å². The third-order valence-electron chi connectivity index (χ3n) is 4.64. The van der Waals surface area contributed by atoms with Gasteiger partial charge in [-0.15, -0.1) is 0 Å². The fourth-order valence-electron chi connectivity index (χ4n) is 3.15. The van der Waals surface area contributed by atoms with Crippen LogP contribution in [0.25, 0.3) is 0 Å². The van der Waals surface area contributed by atoms with E-state index in [-0.39, 0.29) is 11.8 Å². The zero-order valence-corrected chi connectivity index (χ0v) is 18.0. The van der Waals surface area contributed by atoms with Crippen molar-refractivity contribution in [2.75, 3.05) is 26.2 Å². The van der Waals surface area contributed by atoms with E-state index in [1.165, 1.54) is 0 Å². The number of hydrogen-bond acceptors (Lipinski definition) is 3. The van der Waals surface area contributed by atoms with Gasteiger partial charge in [0.1, 0.15) is 11.5 Å². The zero-order chi connectivity index (χ0) is 20.3. The summed E-state index contributed by atoms with van der Waals surface area (Å²) < 4.78 is 6.87. The first-order valence-corrected chi connectivity index (χ1v) is 10.2. The summed E-state index contributed by atoms with van der Waals surface area (Å²) in [7, 11) is 0. The number of halogens is 1. The number of amides is 2. The molecule has 3 rings (SSSR count). The minimum atomic E-state index is -0.406. The number of piperazine rings is 1. The van der Waals surface area contributed by atoms with Gasteiger partial charge in [-0.05, 0) is 30.3 Å². The molecule has 0 aliphatic carbocycles. The average molecular weight is 445 g/mol. The number of rotatable bonds is 3. The van der Waals surface area contributed by atoms with Crippen LogP contribution >= 0.6 is 15.9 Å². The maximum Gasteiger partial charge on any atom is 0.257 e. The smallest absolute Gasteiger partial charge is 0.257 e. The van der Waals surface area contributed by atoms with Crippen LogP contribution in [0.3, 0.4) is 0 Å². The van der Waals surface area contributed by atoms with Gasteiger partial charge in [-0.2, -0.15) is 0 Å². The van der Waals surface area contributed by atoms with Gasteiger partial charge in [-0.3, -0.25) is 9.59 Å². The lowest BCUT2D eigenvalue weighted by atomic mass is 9.94. The van der Waals surface area contributed by atoms with Gasteiger partial charge in [0.05, 0.1) is 5.56 Å². The molecule has 0 radical (unpaired) electrons. The van der Waals surface area contributed by atoms with E-state index in [0.717, 1.165) is 4.47 Å². The highest BCUT2D eigenvalue weighted by atomic mass is 79.9. The number of carbonyl (C=O) groups excluding carboxylic acids is 2. The number of para-hydroxylation sites is 1. The molecule has 2 aromatic carbocycles. The SMILES string of the molecule is CC(C)(C)C(=O)N1CCN(C(=O)c2ccccc2Oc2cccc(Br)c2)CC1. The van der Waals surface area contributed by atoms with Crippen LogP contribution in [0.5, 0.6) is 11.5 Å². The van der Waals surface area contributed by atoms with Crippen LogP contribution in [-0.2, 0) is 4.79 Å². The second kappa shape index (κ2) is 8.35. The number of carbonyl (C=O) groups is 2. The summed E-state index contributed by atoms with van der Waals surface area (Å²) in [6.45, 7) is 7.90. The molecule has 0 aromatic heterocycles. The molecular formula is C22H25BrN2O3. The molecule has 0 spiro atoms. The van der Waals surface area contributed by atoms with Crippen LogP contribution in [-0.4, -0.2) is 47.8 Å². The average Bonchev–Trinajstić information content (AvgIpc) is 2.67. The molecule has 6 heteroatoms. The summed E-state index contributed by atoms with van der Waals surface area (Å²) in [6.07, 6.45) is 0. The Morgan fingerprint density at radius 3 is 2.21 bits per heavy atom. The van der Waals surface area contributed by atoms with Crippen molar-refractivity contribution in [3.63, 3.8) is 0 Å². The minimum Gasteiger partial charge on any atom is -0.456 e. The Labute approximate surface area is 174 Å². The Hall–Kier alpha value is -2.34. The first-order chi connectivity index (χ1) is 13.3. The lowest BCUT2D eigenvalue weighted by Crippen LogP contribution is -2.53. The molecule has 5 nitrogen and oxygen atoms in total. The second-order valence-corrected chi connectivity index (χ2v) is 8.81. The molecule has 1 heterocycles. The highest BCUT2D eigenvalue weighted by molar-refractivity contribution is 9.10. The number of benzene rings is 2. The molecule has 0 unspecified atom stereocenters. The van der Waals surface area contributed by atoms with E-state index in [1.54, 1.807) is 17.0 Å². The number of ether oxygens (including phenoxy) is 1. The minimum absolute atomic E-state index is 0.0755. The summed E-state index contributed by atoms with van der Waals surface area (Å²) in [6, 6.07) is 14.8. The molecule has 0 N–H and O–H groups in total. The Morgan fingerprint density at radius 1 is 0.929 bits per heavy atom. The highest BCUT2D eigenvalue weighted by Crippen LogP contribution is 2.28. The van der Waals surface area contributed by atoms with Gasteiger partial charge in [0, 0.05) is 36.1 Å². The van der Waals surface area contributed by atoms with E-state index in [0.29, 0.717) is 43.2 Å². The van der Waals surface area contributed by atoms with E-state index in [1.807, 2.05) is 62.1 Å². The van der Waals surface area contributed by atoms with E-state index < -0.39 is 5.41 Å². The van der Waals surface area contributed by atoms with Crippen molar-refractivity contribution >= 4 is 27.7 Å². The van der Waals surface area contributed by atoms with E-state index in [2.05, 4.69) is 15.9 Å². The zero-order valence-electron chi connectivity index (χ0n) is 16.4. The first kappa shape index (κ1) is 20.4. The van der Waals surface area contributed by atoms with Gasteiger partial charge in [0.2, 0.25) is 5.91 Å². The topological polar surface area (TPSA) is 49.9 Å². The van der Waals surface area contributed by atoms with Crippen molar-refractivity contribution in [1.29, 1.82) is 0 Å². The number of nitrogens with zero attached hydrogens (tertiary/aromatic N) is 2. The molecule has 0 saturated carbocycles. The fourth-order valence-corrected chi connectivity index (χ4v) is 3.53. The normalized spacial score (nSPS) is 14.7. The second-order valence-electron chi connectivity index (χ2n) is 7.89. The monoisotopic (exact) mass is 444 g/mol. The van der Waals surface area contributed by atoms with Crippen LogP contribution in [0.1, 0.15) is 31.1 Å². The van der Waals surface area contributed by atoms with Crippen LogP contribution in [0.4, 0.5) is 0 Å². The standard InChI is InChI=1S/C22H25BrN2O3/c1-22(2,3)21(27)25-13-11-24(12-14-25)20(26)18-9-4-5-10-19(18)28-17-8-6-7-16(23)15-17/h4-10,15H,11-14H2,1-3H3. The molecule has 1 aliphatic heterocycles. The predicted octanol–water partition coefficient (Wildman–Crippen LogP) is 4.57. The van der Waals surface area contributed by atoms with Crippen molar-refractivity contribution in [1.82, 2.24) is 9.80 Å². The van der Waals surface area contributed by atoms with Gasteiger partial charge in [0.15, 0.2) is 0 Å². The Bertz CT molecular complexity index is 868. The van der Waals surface area contributed by atoms with Crippen molar-refractivity contribution in [3.8, 4) is 11.5 Å². The van der Waals surface area contributed by atoms with Crippen molar-refractivity contribution < 1.29 is 14.3 Å². The van der Waals surface area contributed by atoms with Gasteiger partial charge < -0.3 is 14.5 Å². The van der Waals surface area contributed by atoms with E-state index >= 15 is 0 Å². The van der Waals surface area contributed by atoms with Gasteiger partial charge in [-0.1, -0.05) is 54.9 Å². The maximum absolute atomic E-state index is 13.1. The van der Waals surface area contributed by atoms with Crippen LogP contribution in [0.15, 0.2) is 53.0 Å². The van der Waals surface area contributed by atoms with Crippen molar-refractivity contribution in [2.45, 2.75) is 20.8 Å². The molecule has 2 amide bonds. The maximum atomic E-state index is 13.1. The largest absolute Gasteiger partial charge is 0.456 e. The Kier molecular flexibility index (Phi) is 6.08. The molecule has 0 bridgehead atoms. The summed E-state index contributed by atoms with van der Waals surface area (Å²) in [5.41, 5.74) is 0.120. The number of hydrogen-bond donors (Lipinski definition) is 0. The van der Waals surface area contributed by atoms with Gasteiger partial charge in [-0.25, -0.2) is 0 Å². The third-order valence-corrected chi connectivity index (χ3v) is 5.13. The third kappa shape index (κ3) is 4.73. The molecule has 1 saturated heterocycles. The van der Waals surface area contributed by atoms with Crippen LogP contribution in [0.2, 0.25) is 0 Å². The van der Waals surface area contributed by atoms with Gasteiger partial charge >= 0.3 is 0 Å². The fraction of sp³-hybridized carbons (Fsp3) is 0.364. The Balaban J connectivity index is 1.71.